The van der Waals surface area contributed by atoms with Crippen molar-refractivity contribution in [3.05, 3.63) is 81.8 Å². The first-order valence-electron chi connectivity index (χ1n) is 8.39. The molecule has 2 heterocycles. The van der Waals surface area contributed by atoms with Crippen LogP contribution < -0.4 is 5.56 Å². The number of hydrogen-bond acceptors (Lipinski definition) is 4. The molecule has 2 aromatic heterocycles. The first-order valence-corrected chi connectivity index (χ1v) is 9.21. The number of nitrogens with one attached hydrogen (secondary N) is 1. The van der Waals surface area contributed by atoms with Crippen LogP contribution in [0.2, 0.25) is 0 Å². The fourth-order valence-corrected chi connectivity index (χ4v) is 3.73. The Morgan fingerprint density at radius 2 is 1.88 bits per heavy atom. The zero-order chi connectivity index (χ0) is 18.1. The van der Waals surface area contributed by atoms with E-state index in [2.05, 4.69) is 15.1 Å². The van der Waals surface area contributed by atoms with Crippen LogP contribution in [0.15, 0.2) is 64.4 Å². The molecule has 4 aromatic rings. The first kappa shape index (κ1) is 16.5. The number of para-hydroxylation sites is 1. The predicted octanol–water partition coefficient (Wildman–Crippen LogP) is 4.26. The van der Waals surface area contributed by atoms with E-state index in [0.29, 0.717) is 10.7 Å². The van der Waals surface area contributed by atoms with E-state index in [4.69, 9.17) is 0 Å². The second-order valence-corrected chi connectivity index (χ2v) is 7.13. The van der Waals surface area contributed by atoms with Crippen molar-refractivity contribution in [1.29, 1.82) is 0 Å². The summed E-state index contributed by atoms with van der Waals surface area (Å²) in [6, 6.07) is 17.9. The summed E-state index contributed by atoms with van der Waals surface area (Å²) in [5.41, 5.74) is 3.21. The summed E-state index contributed by atoms with van der Waals surface area (Å²) >= 11 is 1.48. The van der Waals surface area contributed by atoms with Crippen molar-refractivity contribution >= 4 is 27.8 Å². The van der Waals surface area contributed by atoms with Crippen molar-refractivity contribution in [2.24, 2.45) is 4.99 Å². The van der Waals surface area contributed by atoms with Gasteiger partial charge in [0.1, 0.15) is 0 Å². The second kappa shape index (κ2) is 6.72. The quantitative estimate of drug-likeness (QED) is 0.551. The van der Waals surface area contributed by atoms with E-state index in [9.17, 15) is 4.79 Å². The van der Waals surface area contributed by atoms with Crippen LogP contribution in [0.1, 0.15) is 29.8 Å². The highest BCUT2D eigenvalue weighted by atomic mass is 32.1. The molecule has 0 radical (unpaired) electrons. The number of aromatic amines is 1. The average Bonchev–Trinajstić information content (AvgIpc) is 3.21. The largest absolute Gasteiger partial charge is 0.293 e. The van der Waals surface area contributed by atoms with Gasteiger partial charge in [0.25, 0.3) is 5.56 Å². The molecule has 2 aromatic carbocycles. The van der Waals surface area contributed by atoms with Crippen molar-refractivity contribution in [1.82, 2.24) is 14.8 Å². The van der Waals surface area contributed by atoms with Gasteiger partial charge < -0.3 is 0 Å². The molecular formula is C20H18N4OS. The number of aromatic nitrogens is 3. The lowest BCUT2D eigenvalue weighted by Crippen LogP contribution is -2.17. The fourth-order valence-electron chi connectivity index (χ4n) is 2.81. The molecule has 1 unspecified atom stereocenters. The van der Waals surface area contributed by atoms with Crippen LogP contribution >= 0.6 is 11.3 Å². The number of nitrogens with zero attached hydrogens (tertiary/aromatic N) is 3. The van der Waals surface area contributed by atoms with Gasteiger partial charge in [-0.15, -0.1) is 0 Å². The Kier molecular flexibility index (Phi) is 4.26. The van der Waals surface area contributed by atoms with E-state index in [1.807, 2.05) is 68.4 Å². The predicted molar refractivity (Wildman–Crippen MR) is 107 cm³/mol. The van der Waals surface area contributed by atoms with Crippen molar-refractivity contribution in [2.75, 3.05) is 0 Å². The molecular weight excluding hydrogens is 344 g/mol. The van der Waals surface area contributed by atoms with Gasteiger partial charge in [0.2, 0.25) is 5.13 Å². The summed E-state index contributed by atoms with van der Waals surface area (Å²) in [6.45, 7) is 3.89. The summed E-state index contributed by atoms with van der Waals surface area (Å²) in [4.78, 5) is 21.9. The van der Waals surface area contributed by atoms with E-state index in [-0.39, 0.29) is 11.6 Å². The van der Waals surface area contributed by atoms with Crippen LogP contribution in [-0.4, -0.2) is 21.0 Å². The van der Waals surface area contributed by atoms with Gasteiger partial charge in [-0.05, 0) is 31.5 Å². The third-order valence-corrected chi connectivity index (χ3v) is 5.32. The van der Waals surface area contributed by atoms with Crippen LogP contribution in [0.4, 0.5) is 0 Å². The molecule has 0 saturated heterocycles. The lowest BCUT2D eigenvalue weighted by molar-refractivity contribution is 0.824. The minimum Gasteiger partial charge on any atom is -0.293 e. The normalized spacial score (nSPS) is 12.8. The molecule has 0 spiro atoms. The average molecular weight is 362 g/mol. The number of H-pyrrole nitrogens is 1. The third kappa shape index (κ3) is 2.99. The molecule has 6 heteroatoms. The molecule has 0 bridgehead atoms. The molecule has 5 nitrogen and oxygen atoms in total. The topological polar surface area (TPSA) is 63.0 Å². The van der Waals surface area contributed by atoms with Gasteiger partial charge >= 0.3 is 0 Å². The summed E-state index contributed by atoms with van der Waals surface area (Å²) < 4.78 is 2.55. The zero-order valence-corrected chi connectivity index (χ0v) is 15.3. The smallest absolute Gasteiger partial charge is 0.282 e. The number of aryl methyl sites for hydroxylation is 1. The minimum absolute atomic E-state index is 0.0131. The van der Waals surface area contributed by atoms with Gasteiger partial charge in [0.15, 0.2) is 0 Å². The second-order valence-electron chi connectivity index (χ2n) is 6.12. The van der Waals surface area contributed by atoms with Gasteiger partial charge in [-0.1, -0.05) is 53.8 Å². The lowest BCUT2D eigenvalue weighted by Gasteiger charge is -2.05. The fraction of sp³-hybridized carbons (Fsp3) is 0.150. The zero-order valence-electron chi connectivity index (χ0n) is 14.5. The Morgan fingerprint density at radius 1 is 1.15 bits per heavy atom. The summed E-state index contributed by atoms with van der Waals surface area (Å²) in [7, 11) is 0. The number of hydrogen-bond donors (Lipinski definition) is 1. The molecule has 4 rings (SSSR count). The highest BCUT2D eigenvalue weighted by Gasteiger charge is 2.14. The van der Waals surface area contributed by atoms with Crippen molar-refractivity contribution in [2.45, 2.75) is 19.9 Å². The van der Waals surface area contributed by atoms with Crippen LogP contribution in [-0.2, 0) is 0 Å². The van der Waals surface area contributed by atoms with Crippen LogP contribution in [0.5, 0.6) is 0 Å². The number of thiazole rings is 1. The van der Waals surface area contributed by atoms with E-state index < -0.39 is 0 Å². The molecule has 0 amide bonds. The summed E-state index contributed by atoms with van der Waals surface area (Å²) in [6.07, 6.45) is 1.66. The highest BCUT2D eigenvalue weighted by molar-refractivity contribution is 7.20. The van der Waals surface area contributed by atoms with E-state index in [0.717, 1.165) is 21.5 Å². The summed E-state index contributed by atoms with van der Waals surface area (Å²) in [5.74, 6) is 0. The number of rotatable bonds is 4. The Balaban J connectivity index is 1.68. The molecule has 0 saturated carbocycles. The molecule has 0 aliphatic rings. The van der Waals surface area contributed by atoms with Crippen molar-refractivity contribution in [3.63, 3.8) is 0 Å². The third-order valence-electron chi connectivity index (χ3n) is 4.30. The van der Waals surface area contributed by atoms with Gasteiger partial charge in [-0.3, -0.25) is 14.9 Å². The SMILES string of the molecule is Cc1[nH]n(-c2nc3ccccc3s2)c(=O)c1C=NC(C)c1ccccc1. The van der Waals surface area contributed by atoms with E-state index in [1.165, 1.54) is 16.0 Å². The number of aliphatic imine (C=N–C) groups is 1. The molecule has 0 aliphatic carbocycles. The van der Waals surface area contributed by atoms with Gasteiger partial charge in [0, 0.05) is 11.9 Å². The Hall–Kier alpha value is -2.99. The lowest BCUT2D eigenvalue weighted by atomic mass is 10.1. The monoisotopic (exact) mass is 362 g/mol. The molecule has 0 fully saturated rings. The van der Waals surface area contributed by atoms with Crippen molar-refractivity contribution < 1.29 is 0 Å². The Morgan fingerprint density at radius 3 is 2.65 bits per heavy atom. The maximum Gasteiger partial charge on any atom is 0.282 e. The Bertz CT molecular complexity index is 1100. The maximum atomic E-state index is 12.8. The van der Waals surface area contributed by atoms with Crippen LogP contribution in [0.3, 0.4) is 0 Å². The highest BCUT2D eigenvalue weighted by Crippen LogP contribution is 2.23. The molecule has 1 N–H and O–H groups in total. The van der Waals surface area contributed by atoms with Crippen LogP contribution in [0.25, 0.3) is 15.3 Å². The van der Waals surface area contributed by atoms with E-state index in [1.54, 1.807) is 6.21 Å². The molecule has 0 aliphatic heterocycles. The van der Waals surface area contributed by atoms with E-state index >= 15 is 0 Å². The van der Waals surface area contributed by atoms with Crippen LogP contribution in [0, 0.1) is 6.92 Å². The molecule has 26 heavy (non-hydrogen) atoms. The Labute approximate surface area is 154 Å². The number of benzene rings is 2. The first-order chi connectivity index (χ1) is 12.6. The summed E-state index contributed by atoms with van der Waals surface area (Å²) in [5, 5.41) is 3.75. The standard InChI is InChI=1S/C20H18N4OS/c1-13(15-8-4-3-5-9-15)21-12-16-14(2)23-24(19(16)25)20-22-17-10-6-7-11-18(17)26-20/h3-13,23H,1-2H3. The number of fused-ring (bicyclic) bond motifs is 1. The van der Waals surface area contributed by atoms with Gasteiger partial charge in [-0.25, -0.2) is 4.98 Å². The van der Waals surface area contributed by atoms with Crippen molar-refractivity contribution in [3.8, 4) is 5.13 Å². The van der Waals surface area contributed by atoms with Gasteiger partial charge in [-0.2, -0.15) is 4.68 Å². The molecule has 130 valence electrons. The molecule has 1 atom stereocenters. The van der Waals surface area contributed by atoms with Gasteiger partial charge in [0.05, 0.1) is 21.8 Å². The minimum atomic E-state index is -0.134. The maximum absolute atomic E-state index is 12.8.